The predicted octanol–water partition coefficient (Wildman–Crippen LogP) is 1.49. The Morgan fingerprint density at radius 3 is 2.67 bits per heavy atom. The molecule has 0 fully saturated rings. The van der Waals surface area contributed by atoms with Gasteiger partial charge < -0.3 is 10.5 Å². The average Bonchev–Trinajstić information content (AvgIpc) is 2.47. The summed E-state index contributed by atoms with van der Waals surface area (Å²) >= 11 is 0. The normalized spacial score (nSPS) is 11.2. The van der Waals surface area contributed by atoms with Crippen molar-refractivity contribution in [2.75, 3.05) is 11.8 Å². The largest absolute Gasteiger partial charge is 0.481 e. The first-order chi connectivity index (χ1) is 9.96. The van der Waals surface area contributed by atoms with Gasteiger partial charge in [-0.15, -0.1) is 0 Å². The number of sulfonamides is 1. The van der Waals surface area contributed by atoms with Crippen molar-refractivity contribution in [3.8, 4) is 5.88 Å². The molecule has 1 heterocycles. The number of hydrogen-bond acceptors (Lipinski definition) is 5. The highest BCUT2D eigenvalue weighted by Crippen LogP contribution is 2.21. The molecule has 1 aromatic carbocycles. The first-order valence-corrected chi connectivity index (χ1v) is 7.46. The monoisotopic (exact) mass is 311 g/mol. The Labute approximate surface area is 121 Å². The summed E-state index contributed by atoms with van der Waals surface area (Å²) in [6, 6.07) is 6.44. The minimum absolute atomic E-state index is 0.0165. The SMILES string of the molecule is COc1ccc(NS(=O)(=O)c2cc(F)ccc2CN)cn1. The van der Waals surface area contributed by atoms with Crippen molar-refractivity contribution in [1.82, 2.24) is 4.98 Å². The van der Waals surface area contributed by atoms with Gasteiger partial charge in [0.2, 0.25) is 5.88 Å². The van der Waals surface area contributed by atoms with Crippen LogP contribution in [0.1, 0.15) is 5.56 Å². The molecule has 0 aliphatic carbocycles. The zero-order valence-electron chi connectivity index (χ0n) is 11.2. The van der Waals surface area contributed by atoms with Crippen molar-refractivity contribution >= 4 is 15.7 Å². The van der Waals surface area contributed by atoms with E-state index in [0.717, 1.165) is 12.1 Å². The number of halogens is 1. The number of pyridine rings is 1. The molecule has 8 heteroatoms. The molecule has 0 spiro atoms. The van der Waals surface area contributed by atoms with Crippen LogP contribution in [0, 0.1) is 5.82 Å². The molecule has 1 aromatic heterocycles. The molecule has 0 atom stereocenters. The maximum absolute atomic E-state index is 13.3. The summed E-state index contributed by atoms with van der Waals surface area (Å²) < 4.78 is 45.1. The van der Waals surface area contributed by atoms with Gasteiger partial charge in [-0.25, -0.2) is 17.8 Å². The highest BCUT2D eigenvalue weighted by atomic mass is 32.2. The van der Waals surface area contributed by atoms with E-state index in [4.69, 9.17) is 10.5 Å². The number of methoxy groups -OCH3 is 1. The molecule has 21 heavy (non-hydrogen) atoms. The maximum atomic E-state index is 13.3. The van der Waals surface area contributed by atoms with E-state index in [0.29, 0.717) is 11.4 Å². The standard InChI is InChI=1S/C13H14FN3O3S/c1-20-13-5-4-11(8-16-13)17-21(18,19)12-6-10(14)3-2-9(12)7-15/h2-6,8,17H,7,15H2,1H3. The second kappa shape index (κ2) is 6.06. The summed E-state index contributed by atoms with van der Waals surface area (Å²) in [5.74, 6) is -0.299. The van der Waals surface area contributed by atoms with E-state index in [1.54, 1.807) is 0 Å². The molecule has 2 rings (SSSR count). The van der Waals surface area contributed by atoms with Crippen LogP contribution in [-0.4, -0.2) is 20.5 Å². The molecule has 0 radical (unpaired) electrons. The van der Waals surface area contributed by atoms with Crippen LogP contribution in [0.25, 0.3) is 0 Å². The Kier molecular flexibility index (Phi) is 4.39. The second-order valence-corrected chi connectivity index (χ2v) is 5.80. The van der Waals surface area contributed by atoms with E-state index in [-0.39, 0.29) is 17.1 Å². The van der Waals surface area contributed by atoms with Crippen LogP contribution in [-0.2, 0) is 16.6 Å². The van der Waals surface area contributed by atoms with Gasteiger partial charge >= 0.3 is 0 Å². The number of nitrogens with one attached hydrogen (secondary N) is 1. The number of aromatic nitrogens is 1. The topological polar surface area (TPSA) is 94.3 Å². The van der Waals surface area contributed by atoms with Gasteiger partial charge in [0.25, 0.3) is 10.0 Å². The van der Waals surface area contributed by atoms with Crippen molar-refractivity contribution < 1.29 is 17.5 Å². The third kappa shape index (κ3) is 3.47. The first-order valence-electron chi connectivity index (χ1n) is 5.97. The number of nitrogens with two attached hydrogens (primary N) is 1. The van der Waals surface area contributed by atoms with Gasteiger partial charge in [0, 0.05) is 12.6 Å². The molecule has 2 aromatic rings. The van der Waals surface area contributed by atoms with Gasteiger partial charge in [-0.1, -0.05) is 6.07 Å². The van der Waals surface area contributed by atoms with E-state index in [2.05, 4.69) is 9.71 Å². The Morgan fingerprint density at radius 2 is 2.10 bits per heavy atom. The number of nitrogens with zero attached hydrogens (tertiary/aromatic N) is 1. The summed E-state index contributed by atoms with van der Waals surface area (Å²) in [6.45, 7) is -0.0165. The van der Waals surface area contributed by atoms with Crippen molar-refractivity contribution in [3.05, 3.63) is 47.9 Å². The van der Waals surface area contributed by atoms with E-state index in [9.17, 15) is 12.8 Å². The Bertz CT molecular complexity index is 733. The lowest BCUT2D eigenvalue weighted by atomic mass is 10.2. The van der Waals surface area contributed by atoms with Gasteiger partial charge in [-0.3, -0.25) is 4.72 Å². The Morgan fingerprint density at radius 1 is 1.33 bits per heavy atom. The fourth-order valence-electron chi connectivity index (χ4n) is 1.72. The van der Waals surface area contributed by atoms with Crippen LogP contribution in [0.3, 0.4) is 0 Å². The molecule has 6 nitrogen and oxygen atoms in total. The lowest BCUT2D eigenvalue weighted by molar-refractivity contribution is 0.398. The van der Waals surface area contributed by atoms with Crippen molar-refractivity contribution in [2.45, 2.75) is 11.4 Å². The zero-order chi connectivity index (χ0) is 15.5. The summed E-state index contributed by atoms with van der Waals surface area (Å²) in [7, 11) is -2.50. The van der Waals surface area contributed by atoms with Crippen molar-refractivity contribution in [2.24, 2.45) is 5.73 Å². The van der Waals surface area contributed by atoms with Crippen LogP contribution < -0.4 is 15.2 Å². The number of anilines is 1. The minimum atomic E-state index is -3.95. The quantitative estimate of drug-likeness (QED) is 0.872. The Hall–Kier alpha value is -2.19. The Balaban J connectivity index is 2.35. The molecule has 0 aliphatic heterocycles. The van der Waals surface area contributed by atoms with E-state index in [1.165, 1.54) is 31.5 Å². The molecule has 0 aliphatic rings. The van der Waals surface area contributed by atoms with Crippen LogP contribution in [0.4, 0.5) is 10.1 Å². The van der Waals surface area contributed by atoms with Gasteiger partial charge in [0.1, 0.15) is 5.82 Å². The molecule has 0 bridgehead atoms. The van der Waals surface area contributed by atoms with Crippen LogP contribution in [0.15, 0.2) is 41.4 Å². The lowest BCUT2D eigenvalue weighted by Crippen LogP contribution is -2.16. The molecule has 0 unspecified atom stereocenters. The summed E-state index contributed by atoms with van der Waals surface area (Å²) in [4.78, 5) is 3.69. The number of ether oxygens (including phenoxy) is 1. The van der Waals surface area contributed by atoms with E-state index >= 15 is 0 Å². The van der Waals surface area contributed by atoms with Crippen LogP contribution >= 0.6 is 0 Å². The number of benzene rings is 1. The zero-order valence-corrected chi connectivity index (χ0v) is 12.0. The minimum Gasteiger partial charge on any atom is -0.481 e. The third-order valence-corrected chi connectivity index (χ3v) is 4.20. The molecule has 0 amide bonds. The van der Waals surface area contributed by atoms with Crippen molar-refractivity contribution in [3.63, 3.8) is 0 Å². The van der Waals surface area contributed by atoms with Crippen LogP contribution in [0.2, 0.25) is 0 Å². The van der Waals surface area contributed by atoms with Gasteiger partial charge in [-0.05, 0) is 23.8 Å². The predicted molar refractivity (Wildman–Crippen MR) is 75.9 cm³/mol. The maximum Gasteiger partial charge on any atom is 0.262 e. The fourth-order valence-corrected chi connectivity index (χ4v) is 3.02. The summed E-state index contributed by atoms with van der Waals surface area (Å²) in [5.41, 5.74) is 6.05. The lowest BCUT2D eigenvalue weighted by Gasteiger charge is -2.11. The number of hydrogen-bond donors (Lipinski definition) is 2. The molecular weight excluding hydrogens is 297 g/mol. The first kappa shape index (κ1) is 15.2. The van der Waals surface area contributed by atoms with Crippen molar-refractivity contribution in [1.29, 1.82) is 0 Å². The van der Waals surface area contributed by atoms with Gasteiger partial charge in [0.15, 0.2) is 0 Å². The van der Waals surface area contributed by atoms with E-state index < -0.39 is 15.8 Å². The highest BCUT2D eigenvalue weighted by Gasteiger charge is 2.19. The average molecular weight is 311 g/mol. The van der Waals surface area contributed by atoms with Gasteiger partial charge in [-0.2, -0.15) is 0 Å². The number of rotatable bonds is 5. The molecule has 0 saturated heterocycles. The van der Waals surface area contributed by atoms with Gasteiger partial charge in [0.05, 0.1) is 23.9 Å². The fraction of sp³-hybridized carbons (Fsp3) is 0.154. The molecule has 0 saturated carbocycles. The highest BCUT2D eigenvalue weighted by molar-refractivity contribution is 7.92. The summed E-state index contributed by atoms with van der Waals surface area (Å²) in [5, 5.41) is 0. The smallest absolute Gasteiger partial charge is 0.262 e. The summed E-state index contributed by atoms with van der Waals surface area (Å²) in [6.07, 6.45) is 1.30. The third-order valence-electron chi connectivity index (χ3n) is 2.74. The molecular formula is C13H14FN3O3S. The van der Waals surface area contributed by atoms with Crippen LogP contribution in [0.5, 0.6) is 5.88 Å². The second-order valence-electron chi connectivity index (χ2n) is 4.15. The molecule has 3 N–H and O–H groups in total. The van der Waals surface area contributed by atoms with E-state index in [1.807, 2.05) is 0 Å². The molecule has 112 valence electrons.